The van der Waals surface area contributed by atoms with Crippen LogP contribution in [0.5, 0.6) is 0 Å². The largest absolute Gasteiger partial charge is 0.478 e. The molecular weight excluding hydrogens is 216 g/mol. The van der Waals surface area contributed by atoms with E-state index < -0.39 is 29.9 Å². The maximum Gasteiger partial charge on any atom is 0.331 e. The Labute approximate surface area is 92.1 Å². The number of carboxylic acid groups (broad SMARTS) is 1. The molecule has 3 N–H and O–H groups in total. The van der Waals surface area contributed by atoms with E-state index in [2.05, 4.69) is 0 Å². The van der Waals surface area contributed by atoms with Crippen molar-refractivity contribution in [1.29, 1.82) is 0 Å². The highest BCUT2D eigenvalue weighted by Crippen LogP contribution is 2.39. The minimum atomic E-state index is -1.22. The quantitative estimate of drug-likeness (QED) is 0.521. The van der Waals surface area contributed by atoms with Gasteiger partial charge in [0.25, 0.3) is 0 Å². The third kappa shape index (κ3) is 1.54. The van der Waals surface area contributed by atoms with Crippen LogP contribution in [0, 0.1) is 0 Å². The molecule has 2 aliphatic heterocycles. The van der Waals surface area contributed by atoms with E-state index in [0.29, 0.717) is 0 Å². The zero-order valence-electron chi connectivity index (χ0n) is 8.79. The van der Waals surface area contributed by atoms with E-state index in [0.717, 1.165) is 0 Å². The van der Waals surface area contributed by atoms with Crippen molar-refractivity contribution in [2.24, 2.45) is 0 Å². The molecule has 2 heterocycles. The molecule has 16 heavy (non-hydrogen) atoms. The molecule has 2 saturated heterocycles. The minimum Gasteiger partial charge on any atom is -0.478 e. The lowest BCUT2D eigenvalue weighted by Gasteiger charge is -2.26. The molecule has 0 aromatic carbocycles. The number of hydrogen-bond donors (Lipinski definition) is 3. The van der Waals surface area contributed by atoms with Gasteiger partial charge in [-0.05, 0) is 13.0 Å². The van der Waals surface area contributed by atoms with E-state index in [9.17, 15) is 15.0 Å². The summed E-state index contributed by atoms with van der Waals surface area (Å²) in [6.07, 6.45) is -1.16. The Morgan fingerprint density at radius 1 is 1.44 bits per heavy atom. The molecule has 0 bridgehead atoms. The predicted molar refractivity (Wildman–Crippen MR) is 51.8 cm³/mol. The fourth-order valence-corrected chi connectivity index (χ4v) is 2.17. The Morgan fingerprint density at radius 2 is 2.12 bits per heavy atom. The first-order valence-corrected chi connectivity index (χ1v) is 5.02. The molecule has 90 valence electrons. The van der Waals surface area contributed by atoms with Crippen LogP contribution in [0.3, 0.4) is 0 Å². The molecule has 2 rings (SSSR count). The maximum absolute atomic E-state index is 10.8. The number of rotatable bonds is 2. The fourth-order valence-electron chi connectivity index (χ4n) is 2.17. The summed E-state index contributed by atoms with van der Waals surface area (Å²) in [7, 11) is 0. The van der Waals surface area contributed by atoms with Crippen molar-refractivity contribution in [3.63, 3.8) is 0 Å². The van der Waals surface area contributed by atoms with Gasteiger partial charge in [-0.2, -0.15) is 0 Å². The van der Waals surface area contributed by atoms with Crippen molar-refractivity contribution in [2.75, 3.05) is 13.2 Å². The van der Waals surface area contributed by atoms with Crippen molar-refractivity contribution in [3.8, 4) is 0 Å². The molecule has 6 heteroatoms. The molecule has 0 unspecified atom stereocenters. The number of carbonyl (C=O) groups is 1. The molecule has 2 aliphatic rings. The predicted octanol–water partition coefficient (Wildman–Crippen LogP) is -1.09. The van der Waals surface area contributed by atoms with Crippen LogP contribution in [0.15, 0.2) is 11.6 Å². The number of hydrogen-bond acceptors (Lipinski definition) is 5. The highest BCUT2D eigenvalue weighted by atomic mass is 16.6. The summed E-state index contributed by atoms with van der Waals surface area (Å²) in [4.78, 5) is 10.8. The van der Waals surface area contributed by atoms with Crippen LogP contribution in [0.2, 0.25) is 0 Å². The van der Waals surface area contributed by atoms with Crippen LogP contribution in [-0.4, -0.2) is 58.4 Å². The smallest absolute Gasteiger partial charge is 0.331 e. The highest BCUT2D eigenvalue weighted by Gasteiger charge is 2.58. The number of ether oxygens (including phenoxy) is 2. The average Bonchev–Trinajstić information content (AvgIpc) is 2.69. The molecule has 0 amide bonds. The second-order valence-electron chi connectivity index (χ2n) is 4.13. The van der Waals surface area contributed by atoms with Crippen LogP contribution in [-0.2, 0) is 14.3 Å². The van der Waals surface area contributed by atoms with Gasteiger partial charge in [-0.15, -0.1) is 0 Å². The third-order valence-electron chi connectivity index (χ3n) is 3.03. The topological polar surface area (TPSA) is 96.2 Å². The maximum atomic E-state index is 10.8. The Balaban J connectivity index is 2.34. The van der Waals surface area contributed by atoms with E-state index >= 15 is 0 Å². The van der Waals surface area contributed by atoms with Crippen molar-refractivity contribution >= 4 is 5.97 Å². The normalized spacial score (nSPS) is 43.4. The van der Waals surface area contributed by atoms with Crippen LogP contribution in [0.4, 0.5) is 0 Å². The van der Waals surface area contributed by atoms with Crippen LogP contribution < -0.4 is 0 Å². The Bertz CT molecular complexity index is 338. The van der Waals surface area contributed by atoms with Crippen LogP contribution in [0.1, 0.15) is 6.92 Å². The molecule has 0 aromatic rings. The summed E-state index contributed by atoms with van der Waals surface area (Å²) in [5.41, 5.74) is -1.16. The van der Waals surface area contributed by atoms with E-state index in [4.69, 9.17) is 14.6 Å². The Hall–Kier alpha value is -0.950. The molecule has 0 saturated carbocycles. The number of aliphatic hydroxyl groups excluding tert-OH is 2. The van der Waals surface area contributed by atoms with Crippen LogP contribution >= 0.6 is 0 Å². The molecule has 2 fully saturated rings. The Kier molecular flexibility index (Phi) is 2.75. The Morgan fingerprint density at radius 3 is 2.75 bits per heavy atom. The summed E-state index contributed by atoms with van der Waals surface area (Å²) in [5.74, 6) is -1.09. The third-order valence-corrected chi connectivity index (χ3v) is 3.03. The molecular formula is C10H14O6. The van der Waals surface area contributed by atoms with Gasteiger partial charge in [-0.1, -0.05) is 0 Å². The number of aliphatic hydroxyl groups is 2. The lowest BCUT2D eigenvalue weighted by Crippen LogP contribution is -2.45. The van der Waals surface area contributed by atoms with Gasteiger partial charge in [0.1, 0.15) is 23.9 Å². The van der Waals surface area contributed by atoms with Crippen molar-refractivity contribution in [1.82, 2.24) is 0 Å². The van der Waals surface area contributed by atoms with Gasteiger partial charge in [-0.25, -0.2) is 4.79 Å². The lowest BCUT2D eigenvalue weighted by molar-refractivity contribution is -0.132. The summed E-state index contributed by atoms with van der Waals surface area (Å²) < 4.78 is 10.6. The summed E-state index contributed by atoms with van der Waals surface area (Å²) in [6, 6.07) is 0. The molecule has 0 aromatic heterocycles. The zero-order valence-corrected chi connectivity index (χ0v) is 8.79. The monoisotopic (exact) mass is 230 g/mol. The standard InChI is InChI=1S/C10H14O6/c1-5(9(13)14)2-10-7(12)4-15-8(10)6(11)3-16-10/h2,6-8,11-12H,3-4H2,1H3,(H,13,14)/t6-,7+,8-,10-/m1/s1. The first-order valence-electron chi connectivity index (χ1n) is 5.02. The van der Waals surface area contributed by atoms with E-state index in [-0.39, 0.29) is 18.8 Å². The van der Waals surface area contributed by atoms with Gasteiger partial charge in [0.05, 0.1) is 13.2 Å². The van der Waals surface area contributed by atoms with E-state index in [1.54, 1.807) is 0 Å². The van der Waals surface area contributed by atoms with Gasteiger partial charge in [-0.3, -0.25) is 0 Å². The summed E-state index contributed by atoms with van der Waals surface area (Å²) in [5, 5.41) is 28.2. The van der Waals surface area contributed by atoms with E-state index in [1.807, 2.05) is 0 Å². The zero-order chi connectivity index (χ0) is 11.9. The second kappa shape index (κ2) is 3.81. The molecule has 6 nitrogen and oxygen atoms in total. The number of carboxylic acids is 1. The molecule has 0 spiro atoms. The number of fused-ring (bicyclic) bond motifs is 1. The van der Waals surface area contributed by atoms with Crippen molar-refractivity contribution in [2.45, 2.75) is 30.8 Å². The minimum absolute atomic E-state index is 0.0329. The van der Waals surface area contributed by atoms with Crippen molar-refractivity contribution < 1.29 is 29.6 Å². The SMILES string of the molecule is CC(=C[C@]12OC[C@@H](O)[C@H]1OC[C@@H]2O)C(=O)O. The van der Waals surface area contributed by atoms with Gasteiger partial charge in [0, 0.05) is 5.57 Å². The van der Waals surface area contributed by atoms with Gasteiger partial charge < -0.3 is 24.8 Å². The van der Waals surface area contributed by atoms with Crippen molar-refractivity contribution in [3.05, 3.63) is 11.6 Å². The number of aliphatic carboxylic acids is 1. The highest BCUT2D eigenvalue weighted by molar-refractivity contribution is 5.86. The lowest BCUT2D eigenvalue weighted by atomic mass is 9.90. The first-order chi connectivity index (χ1) is 7.47. The first kappa shape index (κ1) is 11.5. The second-order valence-corrected chi connectivity index (χ2v) is 4.13. The van der Waals surface area contributed by atoms with Gasteiger partial charge in [0.2, 0.25) is 0 Å². The molecule has 0 radical (unpaired) electrons. The summed E-state index contributed by atoms with van der Waals surface area (Å²) >= 11 is 0. The average molecular weight is 230 g/mol. The van der Waals surface area contributed by atoms with Crippen LogP contribution in [0.25, 0.3) is 0 Å². The van der Waals surface area contributed by atoms with Gasteiger partial charge >= 0.3 is 5.97 Å². The fraction of sp³-hybridized carbons (Fsp3) is 0.700. The van der Waals surface area contributed by atoms with Gasteiger partial charge in [0.15, 0.2) is 0 Å². The molecule has 4 atom stereocenters. The molecule has 0 aliphatic carbocycles. The summed E-state index contributed by atoms with van der Waals surface area (Å²) in [6.45, 7) is 1.48. The van der Waals surface area contributed by atoms with E-state index in [1.165, 1.54) is 13.0 Å².